The SMILES string of the molecule is CC1(c2cccc(OC3CCCCO3)c2)OCCCO1. The maximum atomic E-state index is 5.90. The summed E-state index contributed by atoms with van der Waals surface area (Å²) in [6, 6.07) is 7.93. The van der Waals surface area contributed by atoms with E-state index in [2.05, 4.69) is 0 Å². The molecule has 2 aliphatic heterocycles. The molecule has 2 heterocycles. The van der Waals surface area contributed by atoms with Crippen LogP contribution in [0.4, 0.5) is 0 Å². The van der Waals surface area contributed by atoms with Crippen molar-refractivity contribution in [2.24, 2.45) is 0 Å². The first-order chi connectivity index (χ1) is 9.76. The van der Waals surface area contributed by atoms with E-state index < -0.39 is 5.79 Å². The fourth-order valence-corrected chi connectivity index (χ4v) is 2.61. The predicted octanol–water partition coefficient (Wildman–Crippen LogP) is 3.20. The summed E-state index contributed by atoms with van der Waals surface area (Å²) in [4.78, 5) is 0. The molecule has 3 rings (SSSR count). The molecular weight excluding hydrogens is 256 g/mol. The Hall–Kier alpha value is -1.10. The maximum absolute atomic E-state index is 5.90. The fraction of sp³-hybridized carbons (Fsp3) is 0.625. The molecule has 0 spiro atoms. The van der Waals surface area contributed by atoms with Gasteiger partial charge in [0, 0.05) is 12.0 Å². The molecule has 2 fully saturated rings. The van der Waals surface area contributed by atoms with Gasteiger partial charge in [-0.05, 0) is 38.3 Å². The predicted molar refractivity (Wildman–Crippen MR) is 74.5 cm³/mol. The smallest absolute Gasteiger partial charge is 0.199 e. The molecule has 0 aliphatic carbocycles. The van der Waals surface area contributed by atoms with Crippen molar-refractivity contribution in [2.75, 3.05) is 19.8 Å². The van der Waals surface area contributed by atoms with Crippen molar-refractivity contribution < 1.29 is 18.9 Å². The van der Waals surface area contributed by atoms with Crippen LogP contribution in [-0.4, -0.2) is 26.1 Å². The Balaban J connectivity index is 1.71. The number of benzene rings is 1. The lowest BCUT2D eigenvalue weighted by Crippen LogP contribution is -2.35. The van der Waals surface area contributed by atoms with Gasteiger partial charge in [-0.3, -0.25) is 0 Å². The summed E-state index contributed by atoms with van der Waals surface area (Å²) >= 11 is 0. The first kappa shape index (κ1) is 13.9. The van der Waals surface area contributed by atoms with Gasteiger partial charge in [0.25, 0.3) is 0 Å². The Bertz CT molecular complexity index is 434. The van der Waals surface area contributed by atoms with E-state index in [-0.39, 0.29) is 6.29 Å². The van der Waals surface area contributed by atoms with E-state index in [9.17, 15) is 0 Å². The van der Waals surface area contributed by atoms with Crippen molar-refractivity contribution in [3.8, 4) is 5.75 Å². The third kappa shape index (κ3) is 3.14. The van der Waals surface area contributed by atoms with Gasteiger partial charge in [-0.15, -0.1) is 0 Å². The molecule has 1 aromatic carbocycles. The Morgan fingerprint density at radius 2 is 1.95 bits per heavy atom. The molecule has 110 valence electrons. The minimum atomic E-state index is -0.662. The lowest BCUT2D eigenvalue weighted by Gasteiger charge is -2.34. The van der Waals surface area contributed by atoms with E-state index in [0.717, 1.165) is 56.8 Å². The molecule has 0 N–H and O–H groups in total. The zero-order valence-corrected chi connectivity index (χ0v) is 12.0. The van der Waals surface area contributed by atoms with E-state index in [1.807, 2.05) is 31.2 Å². The highest BCUT2D eigenvalue weighted by Crippen LogP contribution is 2.32. The van der Waals surface area contributed by atoms with Crippen molar-refractivity contribution in [3.05, 3.63) is 29.8 Å². The second-order valence-corrected chi connectivity index (χ2v) is 5.44. The highest BCUT2D eigenvalue weighted by atomic mass is 16.7. The first-order valence-electron chi connectivity index (χ1n) is 7.43. The minimum Gasteiger partial charge on any atom is -0.465 e. The molecule has 0 aromatic heterocycles. The number of hydrogen-bond acceptors (Lipinski definition) is 4. The van der Waals surface area contributed by atoms with E-state index in [1.54, 1.807) is 0 Å². The molecule has 0 saturated carbocycles. The molecule has 0 radical (unpaired) electrons. The second-order valence-electron chi connectivity index (χ2n) is 5.44. The first-order valence-corrected chi connectivity index (χ1v) is 7.43. The van der Waals surface area contributed by atoms with Gasteiger partial charge in [0.05, 0.1) is 19.8 Å². The van der Waals surface area contributed by atoms with Crippen LogP contribution >= 0.6 is 0 Å². The largest absolute Gasteiger partial charge is 0.465 e. The second kappa shape index (κ2) is 6.12. The minimum absolute atomic E-state index is 0.125. The van der Waals surface area contributed by atoms with Crippen LogP contribution in [0.1, 0.15) is 38.2 Å². The molecule has 0 amide bonds. The van der Waals surface area contributed by atoms with Crippen LogP contribution in [0.25, 0.3) is 0 Å². The summed E-state index contributed by atoms with van der Waals surface area (Å²) < 4.78 is 23.1. The zero-order chi connectivity index (χ0) is 13.8. The molecule has 0 bridgehead atoms. The normalized spacial score (nSPS) is 26.1. The van der Waals surface area contributed by atoms with Crippen LogP contribution in [0, 0.1) is 0 Å². The molecular formula is C16H22O4. The third-order valence-corrected chi connectivity index (χ3v) is 3.81. The maximum Gasteiger partial charge on any atom is 0.199 e. The molecule has 4 heteroatoms. The fourth-order valence-electron chi connectivity index (χ4n) is 2.61. The van der Waals surface area contributed by atoms with Crippen LogP contribution < -0.4 is 4.74 Å². The summed E-state index contributed by atoms with van der Waals surface area (Å²) in [6.45, 7) is 4.21. The molecule has 2 saturated heterocycles. The van der Waals surface area contributed by atoms with Gasteiger partial charge in [0.15, 0.2) is 12.1 Å². The van der Waals surface area contributed by atoms with E-state index >= 15 is 0 Å². The molecule has 4 nitrogen and oxygen atoms in total. The van der Waals surface area contributed by atoms with Gasteiger partial charge in [0.1, 0.15) is 5.75 Å². The number of ether oxygens (including phenoxy) is 4. The van der Waals surface area contributed by atoms with Gasteiger partial charge in [-0.2, -0.15) is 0 Å². The molecule has 1 unspecified atom stereocenters. The third-order valence-electron chi connectivity index (χ3n) is 3.81. The summed E-state index contributed by atoms with van der Waals surface area (Å²) in [6.07, 6.45) is 4.06. The molecule has 1 atom stereocenters. The number of rotatable bonds is 3. The molecule has 2 aliphatic rings. The number of hydrogen-bond donors (Lipinski definition) is 0. The summed E-state index contributed by atoms with van der Waals surface area (Å²) in [5.74, 6) is 0.152. The summed E-state index contributed by atoms with van der Waals surface area (Å²) in [5.41, 5.74) is 0.991. The van der Waals surface area contributed by atoms with Crippen LogP contribution in [0.2, 0.25) is 0 Å². The average molecular weight is 278 g/mol. The van der Waals surface area contributed by atoms with Gasteiger partial charge in [-0.1, -0.05) is 12.1 Å². The van der Waals surface area contributed by atoms with E-state index in [1.165, 1.54) is 0 Å². The van der Waals surface area contributed by atoms with Crippen molar-refractivity contribution in [2.45, 2.75) is 44.7 Å². The van der Waals surface area contributed by atoms with Gasteiger partial charge < -0.3 is 18.9 Å². The van der Waals surface area contributed by atoms with Crippen LogP contribution in [0.15, 0.2) is 24.3 Å². The topological polar surface area (TPSA) is 36.9 Å². The quantitative estimate of drug-likeness (QED) is 0.851. The van der Waals surface area contributed by atoms with Gasteiger partial charge >= 0.3 is 0 Å². The average Bonchev–Trinajstić information content (AvgIpc) is 2.49. The van der Waals surface area contributed by atoms with Crippen LogP contribution in [0.3, 0.4) is 0 Å². The van der Waals surface area contributed by atoms with Crippen LogP contribution in [0.5, 0.6) is 5.75 Å². The van der Waals surface area contributed by atoms with Crippen molar-refractivity contribution >= 4 is 0 Å². The standard InChI is InChI=1S/C16H22O4/c1-16(18-10-5-11-19-16)13-6-4-7-14(12-13)20-15-8-2-3-9-17-15/h4,6-7,12,15H,2-3,5,8-11H2,1H3. The summed E-state index contributed by atoms with van der Waals surface area (Å²) in [7, 11) is 0. The van der Waals surface area contributed by atoms with E-state index in [4.69, 9.17) is 18.9 Å². The Labute approximate surface area is 120 Å². The lowest BCUT2D eigenvalue weighted by molar-refractivity contribution is -0.265. The Morgan fingerprint density at radius 1 is 1.10 bits per heavy atom. The Morgan fingerprint density at radius 3 is 2.70 bits per heavy atom. The van der Waals surface area contributed by atoms with Crippen molar-refractivity contribution in [1.29, 1.82) is 0 Å². The lowest BCUT2D eigenvalue weighted by atomic mass is 10.1. The molecule has 20 heavy (non-hydrogen) atoms. The molecule has 1 aromatic rings. The highest BCUT2D eigenvalue weighted by Gasteiger charge is 2.31. The monoisotopic (exact) mass is 278 g/mol. The zero-order valence-electron chi connectivity index (χ0n) is 12.0. The van der Waals surface area contributed by atoms with Gasteiger partial charge in [-0.25, -0.2) is 0 Å². The van der Waals surface area contributed by atoms with Crippen molar-refractivity contribution in [3.63, 3.8) is 0 Å². The highest BCUT2D eigenvalue weighted by molar-refractivity contribution is 5.31. The Kier molecular flexibility index (Phi) is 4.24. The van der Waals surface area contributed by atoms with Crippen molar-refractivity contribution in [1.82, 2.24) is 0 Å². The van der Waals surface area contributed by atoms with E-state index in [0.29, 0.717) is 0 Å². The summed E-state index contributed by atoms with van der Waals surface area (Å²) in [5, 5.41) is 0. The van der Waals surface area contributed by atoms with Gasteiger partial charge in [0.2, 0.25) is 0 Å². The van der Waals surface area contributed by atoms with Crippen LogP contribution in [-0.2, 0) is 20.0 Å².